The predicted octanol–water partition coefficient (Wildman–Crippen LogP) is 4.50. The van der Waals surface area contributed by atoms with Gasteiger partial charge in [-0.15, -0.1) is 0 Å². The van der Waals surface area contributed by atoms with Crippen LogP contribution < -0.4 is 5.32 Å². The van der Waals surface area contributed by atoms with Gasteiger partial charge < -0.3 is 10.1 Å². The van der Waals surface area contributed by atoms with Crippen LogP contribution >= 0.6 is 11.6 Å². The van der Waals surface area contributed by atoms with Crippen molar-refractivity contribution in [3.63, 3.8) is 0 Å². The SMILES string of the molecule is Cc1ccc(C)c(NC(=O)[C@H](OC(=O)CN(C)S(=O)(=O)c2ccc(Cl)cc2)c2ccccc2)c1. The maximum atomic E-state index is 13.1. The quantitative estimate of drug-likeness (QED) is 0.460. The van der Waals surface area contributed by atoms with E-state index in [1.807, 2.05) is 32.0 Å². The summed E-state index contributed by atoms with van der Waals surface area (Å²) in [4.78, 5) is 25.8. The van der Waals surface area contributed by atoms with Crippen molar-refractivity contribution in [2.75, 3.05) is 18.9 Å². The van der Waals surface area contributed by atoms with Crippen LogP contribution in [0.3, 0.4) is 0 Å². The highest BCUT2D eigenvalue weighted by molar-refractivity contribution is 7.89. The molecule has 0 bridgehead atoms. The Labute approximate surface area is 204 Å². The Kier molecular flexibility index (Phi) is 8.09. The zero-order valence-electron chi connectivity index (χ0n) is 19.0. The first-order valence-electron chi connectivity index (χ1n) is 10.4. The molecule has 0 saturated heterocycles. The van der Waals surface area contributed by atoms with E-state index in [0.717, 1.165) is 15.4 Å². The van der Waals surface area contributed by atoms with Gasteiger partial charge in [0.05, 0.1) is 4.90 Å². The molecule has 0 fully saturated rings. The van der Waals surface area contributed by atoms with E-state index in [9.17, 15) is 18.0 Å². The summed E-state index contributed by atoms with van der Waals surface area (Å²) < 4.78 is 31.9. The molecule has 0 saturated carbocycles. The summed E-state index contributed by atoms with van der Waals surface area (Å²) in [5.74, 6) is -1.42. The second kappa shape index (κ2) is 10.8. The third-order valence-electron chi connectivity index (χ3n) is 5.11. The minimum Gasteiger partial charge on any atom is -0.446 e. The Morgan fingerprint density at radius 3 is 2.29 bits per heavy atom. The number of nitrogens with zero attached hydrogens (tertiary/aromatic N) is 1. The molecule has 0 aromatic heterocycles. The summed E-state index contributed by atoms with van der Waals surface area (Å²) in [7, 11) is -2.69. The lowest BCUT2D eigenvalue weighted by Crippen LogP contribution is -2.35. The van der Waals surface area contributed by atoms with Gasteiger partial charge in [-0.05, 0) is 55.3 Å². The highest BCUT2D eigenvalue weighted by atomic mass is 35.5. The first-order chi connectivity index (χ1) is 16.1. The molecular formula is C25H25ClN2O5S. The van der Waals surface area contributed by atoms with Crippen LogP contribution in [0.4, 0.5) is 5.69 Å². The first-order valence-corrected chi connectivity index (χ1v) is 12.2. The van der Waals surface area contributed by atoms with Gasteiger partial charge in [0.2, 0.25) is 16.1 Å². The maximum Gasteiger partial charge on any atom is 0.322 e. The van der Waals surface area contributed by atoms with Gasteiger partial charge in [-0.2, -0.15) is 4.31 Å². The molecule has 0 spiro atoms. The first kappa shape index (κ1) is 25.4. The largest absolute Gasteiger partial charge is 0.446 e. The summed E-state index contributed by atoms with van der Waals surface area (Å²) in [5, 5.41) is 3.20. The number of esters is 1. The number of ether oxygens (including phenoxy) is 1. The van der Waals surface area contributed by atoms with E-state index < -0.39 is 34.5 Å². The van der Waals surface area contributed by atoms with E-state index in [4.69, 9.17) is 16.3 Å². The van der Waals surface area contributed by atoms with Crippen LogP contribution in [0.1, 0.15) is 22.8 Å². The molecule has 178 valence electrons. The van der Waals surface area contributed by atoms with Crippen molar-refractivity contribution in [1.82, 2.24) is 4.31 Å². The van der Waals surface area contributed by atoms with Gasteiger partial charge in [-0.3, -0.25) is 9.59 Å². The molecule has 9 heteroatoms. The van der Waals surface area contributed by atoms with Crippen LogP contribution in [-0.2, 0) is 24.3 Å². The number of hydrogen-bond donors (Lipinski definition) is 1. The second-order valence-electron chi connectivity index (χ2n) is 7.80. The van der Waals surface area contributed by atoms with E-state index in [1.54, 1.807) is 30.3 Å². The normalized spacial score (nSPS) is 12.3. The Bertz CT molecular complexity index is 1280. The summed E-state index contributed by atoms with van der Waals surface area (Å²) in [6, 6.07) is 19.8. The lowest BCUT2D eigenvalue weighted by molar-refractivity contribution is -0.154. The van der Waals surface area contributed by atoms with Crippen LogP contribution in [0.5, 0.6) is 0 Å². The fourth-order valence-corrected chi connectivity index (χ4v) is 4.43. The monoisotopic (exact) mass is 500 g/mol. The van der Waals surface area contributed by atoms with E-state index in [1.165, 1.54) is 31.3 Å². The molecule has 0 heterocycles. The number of likely N-dealkylation sites (N-methyl/N-ethyl adjacent to an activating group) is 1. The summed E-state index contributed by atoms with van der Waals surface area (Å²) in [6.07, 6.45) is -1.26. The number of halogens is 1. The molecule has 3 rings (SSSR count). The van der Waals surface area contributed by atoms with Crippen molar-refractivity contribution in [1.29, 1.82) is 0 Å². The van der Waals surface area contributed by atoms with Crippen molar-refractivity contribution in [3.05, 3.63) is 94.5 Å². The van der Waals surface area contributed by atoms with Crippen molar-refractivity contribution in [3.8, 4) is 0 Å². The van der Waals surface area contributed by atoms with Crippen LogP contribution in [-0.4, -0.2) is 38.2 Å². The number of benzene rings is 3. The zero-order valence-corrected chi connectivity index (χ0v) is 20.6. The highest BCUT2D eigenvalue weighted by Crippen LogP contribution is 2.23. The number of sulfonamides is 1. The molecular weight excluding hydrogens is 476 g/mol. The molecule has 0 aliphatic carbocycles. The number of nitrogens with one attached hydrogen (secondary N) is 1. The van der Waals surface area contributed by atoms with Gasteiger partial charge in [-0.25, -0.2) is 8.42 Å². The van der Waals surface area contributed by atoms with Crippen molar-refractivity contribution in [2.45, 2.75) is 24.8 Å². The van der Waals surface area contributed by atoms with Gasteiger partial charge in [0.1, 0.15) is 6.54 Å². The van der Waals surface area contributed by atoms with E-state index >= 15 is 0 Å². The van der Waals surface area contributed by atoms with Gasteiger partial charge >= 0.3 is 5.97 Å². The summed E-state index contributed by atoms with van der Waals surface area (Å²) >= 11 is 5.83. The van der Waals surface area contributed by atoms with Gasteiger partial charge in [0.15, 0.2) is 0 Å². The van der Waals surface area contributed by atoms with Crippen LogP contribution in [0.15, 0.2) is 77.7 Å². The zero-order chi connectivity index (χ0) is 24.9. The Morgan fingerprint density at radius 1 is 1.00 bits per heavy atom. The van der Waals surface area contributed by atoms with Crippen LogP contribution in [0.25, 0.3) is 0 Å². The molecule has 1 N–H and O–H groups in total. The number of carbonyl (C=O) groups excluding carboxylic acids is 2. The lowest BCUT2D eigenvalue weighted by Gasteiger charge is -2.21. The van der Waals surface area contributed by atoms with Crippen molar-refractivity contribution < 1.29 is 22.7 Å². The van der Waals surface area contributed by atoms with Gasteiger partial charge in [-0.1, -0.05) is 54.1 Å². The lowest BCUT2D eigenvalue weighted by atomic mass is 10.1. The van der Waals surface area contributed by atoms with Gasteiger partial charge in [0.25, 0.3) is 5.91 Å². The highest BCUT2D eigenvalue weighted by Gasteiger charge is 2.29. The molecule has 0 radical (unpaired) electrons. The van der Waals surface area contributed by atoms with E-state index in [-0.39, 0.29) is 4.90 Å². The number of carbonyl (C=O) groups is 2. The fraction of sp³-hybridized carbons (Fsp3) is 0.200. The Balaban J connectivity index is 1.78. The number of anilines is 1. The molecule has 3 aromatic rings. The molecule has 0 unspecified atom stereocenters. The van der Waals surface area contributed by atoms with E-state index in [0.29, 0.717) is 16.3 Å². The minimum atomic E-state index is -3.96. The number of hydrogen-bond acceptors (Lipinski definition) is 5. The molecule has 7 nitrogen and oxygen atoms in total. The van der Waals surface area contributed by atoms with Crippen LogP contribution in [0.2, 0.25) is 5.02 Å². The van der Waals surface area contributed by atoms with Gasteiger partial charge in [0, 0.05) is 23.3 Å². The molecule has 0 aliphatic heterocycles. The third kappa shape index (κ3) is 6.22. The van der Waals surface area contributed by atoms with Crippen molar-refractivity contribution in [2.24, 2.45) is 0 Å². The van der Waals surface area contributed by atoms with E-state index in [2.05, 4.69) is 5.32 Å². The average Bonchev–Trinajstić information content (AvgIpc) is 2.80. The van der Waals surface area contributed by atoms with Crippen molar-refractivity contribution >= 4 is 39.2 Å². The fourth-order valence-electron chi connectivity index (χ4n) is 3.19. The molecule has 1 amide bonds. The molecule has 3 aromatic carbocycles. The molecule has 0 aliphatic rings. The Morgan fingerprint density at radius 2 is 1.65 bits per heavy atom. The topological polar surface area (TPSA) is 92.8 Å². The smallest absolute Gasteiger partial charge is 0.322 e. The standard InChI is InChI=1S/C25H25ClN2O5S/c1-17-9-10-18(2)22(15-17)27-25(30)24(19-7-5-4-6-8-19)33-23(29)16-28(3)34(31,32)21-13-11-20(26)12-14-21/h4-15,24H,16H2,1-3H3,(H,27,30)/t24-/m1/s1. The predicted molar refractivity (Wildman–Crippen MR) is 131 cm³/mol. The number of rotatable bonds is 8. The summed E-state index contributed by atoms with van der Waals surface area (Å²) in [5.41, 5.74) is 2.88. The molecule has 1 atom stereocenters. The summed E-state index contributed by atoms with van der Waals surface area (Å²) in [6.45, 7) is 3.18. The number of aryl methyl sites for hydroxylation is 2. The number of amides is 1. The molecule has 34 heavy (non-hydrogen) atoms. The maximum absolute atomic E-state index is 13.1. The van der Waals surface area contributed by atoms with Crippen LogP contribution in [0, 0.1) is 13.8 Å². The average molecular weight is 501 g/mol. The second-order valence-corrected chi connectivity index (χ2v) is 10.3. The third-order valence-corrected chi connectivity index (χ3v) is 7.18. The minimum absolute atomic E-state index is 0.0144. The Hall–Kier alpha value is -3.20.